The molecule has 2 aromatic rings. The van der Waals surface area contributed by atoms with Gasteiger partial charge < -0.3 is 14.2 Å². The Hall–Kier alpha value is -3.44. The molecule has 0 saturated carbocycles. The van der Waals surface area contributed by atoms with Crippen molar-refractivity contribution in [2.24, 2.45) is 0 Å². The number of carbonyl (C=O) groups is 4. The number of pyridine rings is 2. The van der Waals surface area contributed by atoms with Crippen molar-refractivity contribution in [3.8, 4) is 11.8 Å². The van der Waals surface area contributed by atoms with Crippen LogP contribution in [0.3, 0.4) is 0 Å². The van der Waals surface area contributed by atoms with Crippen LogP contribution >= 0.6 is 23.2 Å². The highest BCUT2D eigenvalue weighted by molar-refractivity contribution is 6.33. The largest absolute Gasteiger partial charge is 0.480 e. The molecule has 0 spiro atoms. The molecule has 2 amide bonds. The number of methoxy groups -OCH3 is 3. The van der Waals surface area contributed by atoms with Crippen molar-refractivity contribution < 1.29 is 33.4 Å². The first-order valence-corrected chi connectivity index (χ1v) is 10.3. The molecule has 0 aliphatic carbocycles. The fourth-order valence-electron chi connectivity index (χ4n) is 2.81. The lowest BCUT2D eigenvalue weighted by molar-refractivity contribution is -0.118. The van der Waals surface area contributed by atoms with Gasteiger partial charge in [-0.3, -0.25) is 24.2 Å². The molecule has 13 heteroatoms. The van der Waals surface area contributed by atoms with E-state index < -0.39 is 5.97 Å². The number of anilines is 2. The summed E-state index contributed by atoms with van der Waals surface area (Å²) in [5.41, 5.74) is 0.453. The second-order valence-electron chi connectivity index (χ2n) is 6.82. The molecule has 0 fully saturated rings. The van der Waals surface area contributed by atoms with Gasteiger partial charge in [0.15, 0.2) is 11.6 Å². The van der Waals surface area contributed by atoms with E-state index >= 15 is 0 Å². The number of carbonyl (C=O) groups excluding carboxylic acids is 4. The molecule has 0 N–H and O–H groups in total. The normalized spacial score (nSPS) is 12.3. The van der Waals surface area contributed by atoms with Gasteiger partial charge in [0, 0.05) is 21.0 Å². The lowest BCUT2D eigenvalue weighted by Crippen LogP contribution is -2.35. The minimum atomic E-state index is -0.629. The maximum atomic E-state index is 11.6. The number of esters is 1. The third-order valence-corrected chi connectivity index (χ3v) is 5.28. The van der Waals surface area contributed by atoms with Gasteiger partial charge in [-0.2, -0.15) is 9.97 Å². The lowest BCUT2D eigenvalue weighted by Gasteiger charge is -2.24. The van der Waals surface area contributed by atoms with Gasteiger partial charge in [-0.05, 0) is 12.1 Å². The Labute approximate surface area is 205 Å². The Balaban J connectivity index is 0.000000241. The number of halogens is 2. The van der Waals surface area contributed by atoms with Gasteiger partial charge in [-0.1, -0.05) is 23.2 Å². The number of hydrogen-bond donors (Lipinski definition) is 0. The number of aromatic nitrogens is 2. The topological polar surface area (TPSA) is 128 Å². The summed E-state index contributed by atoms with van der Waals surface area (Å²) in [7, 11) is 7.10. The Morgan fingerprint density at radius 1 is 1.03 bits per heavy atom. The van der Waals surface area contributed by atoms with E-state index in [0.29, 0.717) is 11.4 Å². The number of ether oxygens (including phenoxy) is 3. The van der Waals surface area contributed by atoms with Crippen molar-refractivity contribution in [2.45, 2.75) is 13.3 Å². The van der Waals surface area contributed by atoms with Crippen LogP contribution in [-0.2, 0) is 14.3 Å². The molecular weight excluding hydrogens is 491 g/mol. The molecule has 0 radical (unpaired) electrons. The Kier molecular flexibility index (Phi) is 8.77. The summed E-state index contributed by atoms with van der Waals surface area (Å²) in [6.45, 7) is 1.35. The molecule has 0 atom stereocenters. The first-order valence-electron chi connectivity index (χ1n) is 9.58. The van der Waals surface area contributed by atoms with Gasteiger partial charge >= 0.3 is 5.97 Å². The van der Waals surface area contributed by atoms with E-state index in [4.69, 9.17) is 32.7 Å². The minimum absolute atomic E-state index is 0.0981. The smallest absolute Gasteiger partial charge is 0.341 e. The third-order valence-electron chi connectivity index (χ3n) is 4.73. The van der Waals surface area contributed by atoms with Gasteiger partial charge in [-0.15, -0.1) is 0 Å². The molecule has 3 rings (SSSR count). The summed E-state index contributed by atoms with van der Waals surface area (Å²) < 4.78 is 14.5. The van der Waals surface area contributed by atoms with E-state index in [1.807, 2.05) is 0 Å². The summed E-state index contributed by atoms with van der Waals surface area (Å²) in [5.74, 6) is -0.697. The fraction of sp³-hybridized carbons (Fsp3) is 0.333. The number of ketones is 1. The van der Waals surface area contributed by atoms with Crippen LogP contribution < -0.4 is 19.3 Å². The highest BCUT2D eigenvalue weighted by atomic mass is 35.5. The van der Waals surface area contributed by atoms with E-state index in [-0.39, 0.29) is 57.2 Å². The Morgan fingerprint density at radius 3 is 2.12 bits per heavy atom. The molecule has 0 saturated heterocycles. The highest BCUT2D eigenvalue weighted by Crippen LogP contribution is 2.32. The number of Topliss-reactive ketones (excluding diaryl/α,β-unsaturated/α-hetero) is 1. The van der Waals surface area contributed by atoms with Crippen LogP contribution in [0.5, 0.6) is 11.8 Å². The van der Waals surface area contributed by atoms with E-state index in [1.165, 1.54) is 57.2 Å². The van der Waals surface area contributed by atoms with Crippen molar-refractivity contribution in [1.29, 1.82) is 0 Å². The molecule has 1 aliphatic heterocycles. The van der Waals surface area contributed by atoms with Crippen LogP contribution in [0.1, 0.15) is 34.1 Å². The molecule has 0 bridgehead atoms. The van der Waals surface area contributed by atoms with Crippen molar-refractivity contribution in [1.82, 2.24) is 9.97 Å². The number of amides is 2. The van der Waals surface area contributed by atoms with Gasteiger partial charge in [0.05, 0.1) is 33.3 Å². The molecule has 3 heterocycles. The Morgan fingerprint density at radius 2 is 1.59 bits per heavy atom. The highest BCUT2D eigenvalue weighted by Gasteiger charge is 2.30. The number of hydrogen-bond acceptors (Lipinski definition) is 9. The molecule has 11 nitrogen and oxygen atoms in total. The number of nitrogens with zero attached hydrogens (tertiary/aromatic N) is 4. The average molecular weight is 513 g/mol. The predicted molar refractivity (Wildman–Crippen MR) is 124 cm³/mol. The zero-order valence-corrected chi connectivity index (χ0v) is 20.8. The van der Waals surface area contributed by atoms with Crippen molar-refractivity contribution in [3.05, 3.63) is 33.3 Å². The van der Waals surface area contributed by atoms with Gasteiger partial charge in [0.25, 0.3) is 0 Å². The maximum Gasteiger partial charge on any atom is 0.341 e. The van der Waals surface area contributed by atoms with E-state index in [1.54, 1.807) is 7.05 Å². The van der Waals surface area contributed by atoms with Crippen LogP contribution in [0, 0.1) is 0 Å². The van der Waals surface area contributed by atoms with Crippen LogP contribution in [0.25, 0.3) is 0 Å². The van der Waals surface area contributed by atoms with Crippen molar-refractivity contribution in [2.75, 3.05) is 45.2 Å². The van der Waals surface area contributed by atoms with E-state index in [0.717, 1.165) is 0 Å². The molecule has 2 aromatic heterocycles. The van der Waals surface area contributed by atoms with Gasteiger partial charge in [0.1, 0.15) is 21.4 Å². The van der Waals surface area contributed by atoms with Crippen molar-refractivity contribution in [3.63, 3.8) is 0 Å². The summed E-state index contributed by atoms with van der Waals surface area (Å²) in [5, 5.41) is 0.427. The van der Waals surface area contributed by atoms with Crippen molar-refractivity contribution >= 4 is 58.4 Å². The number of rotatable bonds is 4. The molecule has 34 heavy (non-hydrogen) atoms. The van der Waals surface area contributed by atoms with Gasteiger partial charge in [0.2, 0.25) is 23.6 Å². The molecule has 182 valence electrons. The monoisotopic (exact) mass is 512 g/mol. The SMILES string of the molecule is COC(=O)c1cc(Cl)c(OC)nc1N(C)C(C)=O.COc1nc2c(cc1Cl)C(=O)CC(=O)N2C. The number of fused-ring (bicyclic) bond motifs is 1. The van der Waals surface area contributed by atoms with Crippen LogP contribution in [0.15, 0.2) is 12.1 Å². The lowest BCUT2D eigenvalue weighted by atomic mass is 10.0. The van der Waals surface area contributed by atoms with Crippen LogP contribution in [0.4, 0.5) is 11.6 Å². The molecule has 0 unspecified atom stereocenters. The predicted octanol–water partition coefficient (Wildman–Crippen LogP) is 2.81. The second-order valence-corrected chi connectivity index (χ2v) is 7.64. The van der Waals surface area contributed by atoms with E-state index in [9.17, 15) is 19.2 Å². The first-order chi connectivity index (χ1) is 16.0. The van der Waals surface area contributed by atoms with E-state index in [2.05, 4.69) is 14.7 Å². The maximum absolute atomic E-state index is 11.6. The second kappa shape index (κ2) is 11.1. The quantitative estimate of drug-likeness (QED) is 0.448. The Bertz CT molecular complexity index is 1160. The molecular formula is C21H22Cl2N4O7. The minimum Gasteiger partial charge on any atom is -0.480 e. The zero-order chi connectivity index (χ0) is 25.7. The van der Waals surface area contributed by atoms with Gasteiger partial charge in [-0.25, -0.2) is 4.79 Å². The van der Waals surface area contributed by atoms with Crippen LogP contribution in [0.2, 0.25) is 10.0 Å². The standard InChI is InChI=1S/C11H13ClN2O4.C10H9ClN2O3/c1-6(15)14(2)9-7(11(16)18-4)5-8(12)10(13-9)17-3;1-13-8(15)4-7(14)5-3-6(11)10(16-2)12-9(5)13/h5H,1-4H3;3H,4H2,1-2H3. The fourth-order valence-corrected chi connectivity index (χ4v) is 3.26. The summed E-state index contributed by atoms with van der Waals surface area (Å²) in [6, 6.07) is 2.84. The zero-order valence-electron chi connectivity index (χ0n) is 19.3. The first kappa shape index (κ1) is 26.8. The third kappa shape index (κ3) is 5.54. The summed E-state index contributed by atoms with van der Waals surface area (Å²) in [4.78, 5) is 56.6. The molecule has 1 aliphatic rings. The average Bonchev–Trinajstić information content (AvgIpc) is 2.81. The summed E-state index contributed by atoms with van der Waals surface area (Å²) in [6.07, 6.45) is -0.145. The molecule has 0 aromatic carbocycles. The summed E-state index contributed by atoms with van der Waals surface area (Å²) >= 11 is 11.8. The van der Waals surface area contributed by atoms with Crippen LogP contribution in [-0.4, -0.2) is 69.0 Å².